The second-order valence-electron chi connectivity index (χ2n) is 5.26. The van der Waals surface area contributed by atoms with E-state index in [0.29, 0.717) is 22.4 Å². The van der Waals surface area contributed by atoms with Crippen molar-refractivity contribution in [3.05, 3.63) is 34.8 Å². The number of amides is 1. The van der Waals surface area contributed by atoms with E-state index in [1.54, 1.807) is 11.3 Å². The molecule has 0 aliphatic heterocycles. The van der Waals surface area contributed by atoms with Gasteiger partial charge in [0.2, 0.25) is 0 Å². The number of pyridine rings is 1. The minimum absolute atomic E-state index is 0.112. The molecule has 0 spiro atoms. The van der Waals surface area contributed by atoms with Crippen molar-refractivity contribution in [1.29, 1.82) is 0 Å². The lowest BCUT2D eigenvalue weighted by Gasteiger charge is -2.12. The quantitative estimate of drug-likeness (QED) is 0.795. The summed E-state index contributed by atoms with van der Waals surface area (Å²) in [4.78, 5) is 18.1. The van der Waals surface area contributed by atoms with E-state index in [2.05, 4.69) is 15.5 Å². The molecule has 3 aromatic rings. The Balaban J connectivity index is 2.13. The van der Waals surface area contributed by atoms with Gasteiger partial charge in [-0.2, -0.15) is 0 Å². The SMILES string of the molecule is CC[C@H](C)NC(=O)c1cc(-c2cccs2)nc2onc(C)c12. The van der Waals surface area contributed by atoms with Crippen LogP contribution in [0.5, 0.6) is 0 Å². The summed E-state index contributed by atoms with van der Waals surface area (Å²) in [5.74, 6) is -0.120. The summed E-state index contributed by atoms with van der Waals surface area (Å²) >= 11 is 1.57. The standard InChI is InChI=1S/C16H17N3O2S/c1-4-9(2)17-15(20)11-8-12(13-6-5-7-22-13)18-16-14(11)10(3)19-21-16/h5-9H,4H2,1-3H3,(H,17,20)/t9-/m0/s1. The van der Waals surface area contributed by atoms with Crippen LogP contribution >= 0.6 is 11.3 Å². The van der Waals surface area contributed by atoms with Crippen molar-refractivity contribution in [2.75, 3.05) is 0 Å². The zero-order valence-corrected chi connectivity index (χ0v) is 13.5. The molecule has 0 saturated heterocycles. The van der Waals surface area contributed by atoms with E-state index in [1.807, 2.05) is 44.4 Å². The van der Waals surface area contributed by atoms with Gasteiger partial charge in [-0.25, -0.2) is 4.98 Å². The van der Waals surface area contributed by atoms with Gasteiger partial charge in [-0.3, -0.25) is 4.79 Å². The number of rotatable bonds is 4. The summed E-state index contributed by atoms with van der Waals surface area (Å²) in [6, 6.07) is 5.85. The van der Waals surface area contributed by atoms with Crippen molar-refractivity contribution >= 4 is 28.3 Å². The number of carbonyl (C=O) groups excluding carboxylic acids is 1. The Labute approximate surface area is 132 Å². The molecular weight excluding hydrogens is 298 g/mol. The summed E-state index contributed by atoms with van der Waals surface area (Å²) in [7, 11) is 0. The Bertz CT molecular complexity index is 808. The lowest BCUT2D eigenvalue weighted by Crippen LogP contribution is -2.32. The number of nitrogens with one attached hydrogen (secondary N) is 1. The normalized spacial score (nSPS) is 12.5. The number of aromatic nitrogens is 2. The topological polar surface area (TPSA) is 68.0 Å². The molecule has 0 aliphatic rings. The van der Waals surface area contributed by atoms with Crippen molar-refractivity contribution in [3.8, 4) is 10.6 Å². The van der Waals surface area contributed by atoms with Crippen LogP contribution in [0, 0.1) is 6.92 Å². The van der Waals surface area contributed by atoms with E-state index in [-0.39, 0.29) is 11.9 Å². The average Bonchev–Trinajstić information content (AvgIpc) is 3.16. The van der Waals surface area contributed by atoms with Gasteiger partial charge >= 0.3 is 0 Å². The minimum Gasteiger partial charge on any atom is -0.350 e. The van der Waals surface area contributed by atoms with E-state index in [0.717, 1.165) is 17.0 Å². The van der Waals surface area contributed by atoms with Crippen molar-refractivity contribution in [2.24, 2.45) is 0 Å². The summed E-state index contributed by atoms with van der Waals surface area (Å²) in [6.45, 7) is 5.84. The first-order valence-corrected chi connectivity index (χ1v) is 8.10. The summed E-state index contributed by atoms with van der Waals surface area (Å²) in [5.41, 5.74) is 2.37. The fraction of sp³-hybridized carbons (Fsp3) is 0.312. The fourth-order valence-electron chi connectivity index (χ4n) is 2.23. The molecule has 0 aliphatic carbocycles. The molecule has 0 saturated carbocycles. The molecule has 114 valence electrons. The number of fused-ring (bicyclic) bond motifs is 1. The van der Waals surface area contributed by atoms with E-state index in [9.17, 15) is 4.79 Å². The Kier molecular flexibility index (Phi) is 3.94. The van der Waals surface area contributed by atoms with Crippen molar-refractivity contribution < 1.29 is 9.32 Å². The third-order valence-electron chi connectivity index (χ3n) is 3.63. The molecule has 3 heterocycles. The second kappa shape index (κ2) is 5.88. The van der Waals surface area contributed by atoms with Crippen LogP contribution < -0.4 is 5.32 Å². The smallest absolute Gasteiger partial charge is 0.259 e. The predicted octanol–water partition coefficient (Wildman–Crippen LogP) is 3.79. The Hall–Kier alpha value is -2.21. The molecule has 6 heteroatoms. The van der Waals surface area contributed by atoms with Crippen LogP contribution in [0.4, 0.5) is 0 Å². The molecule has 0 fully saturated rings. The van der Waals surface area contributed by atoms with Crippen molar-refractivity contribution in [3.63, 3.8) is 0 Å². The van der Waals surface area contributed by atoms with Gasteiger partial charge in [0.25, 0.3) is 11.6 Å². The summed E-state index contributed by atoms with van der Waals surface area (Å²) in [5, 5.41) is 9.60. The third-order valence-corrected chi connectivity index (χ3v) is 4.52. The highest BCUT2D eigenvalue weighted by Gasteiger charge is 2.20. The van der Waals surface area contributed by atoms with Crippen LogP contribution in [0.15, 0.2) is 28.1 Å². The molecule has 3 rings (SSSR count). The first-order valence-electron chi connectivity index (χ1n) is 7.22. The maximum absolute atomic E-state index is 12.6. The monoisotopic (exact) mass is 315 g/mol. The minimum atomic E-state index is -0.120. The van der Waals surface area contributed by atoms with Crippen molar-refractivity contribution in [1.82, 2.24) is 15.5 Å². The van der Waals surface area contributed by atoms with Crippen LogP contribution in [0.1, 0.15) is 36.3 Å². The Morgan fingerprint density at radius 2 is 2.32 bits per heavy atom. The number of carbonyl (C=O) groups is 1. The van der Waals surface area contributed by atoms with Gasteiger partial charge in [0.1, 0.15) is 0 Å². The zero-order valence-electron chi connectivity index (χ0n) is 12.7. The molecule has 0 bridgehead atoms. The Morgan fingerprint density at radius 3 is 3.00 bits per heavy atom. The molecule has 1 amide bonds. The molecule has 5 nitrogen and oxygen atoms in total. The highest BCUT2D eigenvalue weighted by atomic mass is 32.1. The van der Waals surface area contributed by atoms with E-state index in [4.69, 9.17) is 4.52 Å². The predicted molar refractivity (Wildman–Crippen MR) is 87.1 cm³/mol. The van der Waals surface area contributed by atoms with E-state index in [1.165, 1.54) is 0 Å². The van der Waals surface area contributed by atoms with Gasteiger partial charge in [0.05, 0.1) is 27.2 Å². The maximum Gasteiger partial charge on any atom is 0.259 e. The summed E-state index contributed by atoms with van der Waals surface area (Å²) < 4.78 is 5.27. The van der Waals surface area contributed by atoms with E-state index < -0.39 is 0 Å². The van der Waals surface area contributed by atoms with Gasteiger partial charge in [-0.1, -0.05) is 18.1 Å². The average molecular weight is 315 g/mol. The van der Waals surface area contributed by atoms with Crippen molar-refractivity contribution in [2.45, 2.75) is 33.2 Å². The molecule has 0 radical (unpaired) electrons. The highest BCUT2D eigenvalue weighted by Crippen LogP contribution is 2.29. The first-order chi connectivity index (χ1) is 10.6. The van der Waals surface area contributed by atoms with Crippen LogP contribution in [0.2, 0.25) is 0 Å². The highest BCUT2D eigenvalue weighted by molar-refractivity contribution is 7.13. The van der Waals surface area contributed by atoms with Crippen LogP contribution in [-0.2, 0) is 0 Å². The number of hydrogen-bond donors (Lipinski definition) is 1. The molecule has 1 N–H and O–H groups in total. The van der Waals surface area contributed by atoms with Gasteiger partial charge in [-0.15, -0.1) is 11.3 Å². The number of aryl methyl sites for hydroxylation is 1. The van der Waals surface area contributed by atoms with Gasteiger partial charge in [0.15, 0.2) is 0 Å². The molecule has 0 aromatic carbocycles. The second-order valence-corrected chi connectivity index (χ2v) is 6.21. The molecule has 3 aromatic heterocycles. The van der Waals surface area contributed by atoms with Crippen LogP contribution in [-0.4, -0.2) is 22.1 Å². The Morgan fingerprint density at radius 1 is 1.50 bits per heavy atom. The zero-order chi connectivity index (χ0) is 15.7. The third kappa shape index (κ3) is 2.62. The van der Waals surface area contributed by atoms with Gasteiger partial charge < -0.3 is 9.84 Å². The number of hydrogen-bond acceptors (Lipinski definition) is 5. The number of nitrogens with zero attached hydrogens (tertiary/aromatic N) is 2. The maximum atomic E-state index is 12.6. The lowest BCUT2D eigenvalue weighted by atomic mass is 10.1. The molecular formula is C16H17N3O2S. The van der Waals surface area contributed by atoms with Crippen LogP contribution in [0.25, 0.3) is 21.7 Å². The van der Waals surface area contributed by atoms with Gasteiger partial charge in [-0.05, 0) is 37.8 Å². The molecule has 22 heavy (non-hydrogen) atoms. The largest absolute Gasteiger partial charge is 0.350 e. The number of thiophene rings is 1. The van der Waals surface area contributed by atoms with Crippen LogP contribution in [0.3, 0.4) is 0 Å². The summed E-state index contributed by atoms with van der Waals surface area (Å²) in [6.07, 6.45) is 0.875. The van der Waals surface area contributed by atoms with E-state index >= 15 is 0 Å². The molecule has 1 atom stereocenters. The first kappa shape index (κ1) is 14.7. The fourth-order valence-corrected chi connectivity index (χ4v) is 2.91. The van der Waals surface area contributed by atoms with Gasteiger partial charge in [0, 0.05) is 6.04 Å². The lowest BCUT2D eigenvalue weighted by molar-refractivity contribution is 0.0941. The molecule has 0 unspecified atom stereocenters.